The first kappa shape index (κ1) is 10.5. The minimum Gasteiger partial charge on any atom is -0.200 e. The summed E-state index contributed by atoms with van der Waals surface area (Å²) in [5, 5.41) is 8.94. The summed E-state index contributed by atoms with van der Waals surface area (Å²) < 4.78 is 0. The Bertz CT molecular complexity index is 722. The molecule has 92 valence electrons. The molecule has 3 heteroatoms. The predicted molar refractivity (Wildman–Crippen MR) is 79.1 cm³/mol. The van der Waals surface area contributed by atoms with E-state index in [2.05, 4.69) is 59.1 Å². The van der Waals surface area contributed by atoms with Crippen LogP contribution >= 0.6 is 0 Å². The molecule has 1 heterocycles. The minimum atomic E-state index is 0.184. The van der Waals surface area contributed by atoms with Crippen molar-refractivity contribution in [2.45, 2.75) is 6.04 Å². The highest BCUT2D eigenvalue weighted by Crippen LogP contribution is 2.28. The van der Waals surface area contributed by atoms with E-state index >= 15 is 0 Å². The van der Waals surface area contributed by atoms with Crippen molar-refractivity contribution < 1.29 is 0 Å². The zero-order valence-corrected chi connectivity index (χ0v) is 10.3. The van der Waals surface area contributed by atoms with Crippen molar-refractivity contribution in [1.82, 2.24) is 5.43 Å². The van der Waals surface area contributed by atoms with Crippen LogP contribution in [0.5, 0.6) is 0 Å². The molecule has 0 amide bonds. The van der Waals surface area contributed by atoms with Crippen LogP contribution in [0.3, 0.4) is 0 Å². The normalized spacial score (nSPS) is 20.7. The summed E-state index contributed by atoms with van der Waals surface area (Å²) in [6.45, 7) is 0. The summed E-state index contributed by atoms with van der Waals surface area (Å²) in [4.78, 5) is 0. The van der Waals surface area contributed by atoms with Gasteiger partial charge in [0.15, 0.2) is 0 Å². The SMILES string of the molecule is C1=CC2=NN(c3cccc4ccccc34)NC2C=C1. The third-order valence-electron chi connectivity index (χ3n) is 3.47. The molecule has 1 N–H and O–H groups in total. The second-order valence-electron chi connectivity index (χ2n) is 4.69. The van der Waals surface area contributed by atoms with Gasteiger partial charge >= 0.3 is 0 Å². The molecular formula is C16H13N3. The number of nitrogens with one attached hydrogen (secondary N) is 1. The molecule has 1 aliphatic heterocycles. The quantitative estimate of drug-likeness (QED) is 0.838. The standard InChI is InChI=1S/C16H13N3/c1-2-8-13-12(6-1)7-5-11-16(13)19-17-14-9-3-4-10-15(14)18-19/h1-11,14,17H. The van der Waals surface area contributed by atoms with Crippen molar-refractivity contribution in [1.29, 1.82) is 0 Å². The number of anilines is 1. The summed E-state index contributed by atoms with van der Waals surface area (Å²) >= 11 is 0. The third-order valence-corrected chi connectivity index (χ3v) is 3.47. The molecule has 0 spiro atoms. The van der Waals surface area contributed by atoms with Crippen LogP contribution in [-0.4, -0.2) is 11.8 Å². The van der Waals surface area contributed by atoms with Gasteiger partial charge in [-0.1, -0.05) is 54.6 Å². The number of hydrogen-bond acceptors (Lipinski definition) is 3. The van der Waals surface area contributed by atoms with E-state index in [1.54, 1.807) is 0 Å². The Balaban J connectivity index is 1.82. The number of rotatable bonds is 1. The fraction of sp³-hybridized carbons (Fsp3) is 0.0625. The molecule has 4 rings (SSSR count). The summed E-state index contributed by atoms with van der Waals surface area (Å²) in [7, 11) is 0. The molecule has 1 atom stereocenters. The number of nitrogens with zero attached hydrogens (tertiary/aromatic N) is 2. The first-order chi connectivity index (χ1) is 9.42. The maximum atomic E-state index is 4.63. The summed E-state index contributed by atoms with van der Waals surface area (Å²) in [6, 6.07) is 14.8. The molecule has 1 unspecified atom stereocenters. The highest BCUT2D eigenvalue weighted by atomic mass is 15.7. The van der Waals surface area contributed by atoms with Gasteiger partial charge in [0.25, 0.3) is 0 Å². The van der Waals surface area contributed by atoms with Gasteiger partial charge in [-0.15, -0.1) is 0 Å². The zero-order chi connectivity index (χ0) is 12.7. The molecular weight excluding hydrogens is 234 g/mol. The van der Waals surface area contributed by atoms with Gasteiger partial charge in [-0.3, -0.25) is 0 Å². The molecule has 0 radical (unpaired) electrons. The Labute approximate surface area is 111 Å². The summed E-state index contributed by atoms with van der Waals surface area (Å²) in [5.41, 5.74) is 5.53. The number of hydrogen-bond donors (Lipinski definition) is 1. The first-order valence-electron chi connectivity index (χ1n) is 6.39. The number of allylic oxidation sites excluding steroid dienone is 2. The van der Waals surface area contributed by atoms with E-state index in [-0.39, 0.29) is 6.04 Å². The lowest BCUT2D eigenvalue weighted by Crippen LogP contribution is -2.36. The maximum absolute atomic E-state index is 4.63. The Morgan fingerprint density at radius 1 is 1.00 bits per heavy atom. The van der Waals surface area contributed by atoms with Gasteiger partial charge in [-0.2, -0.15) is 15.6 Å². The predicted octanol–water partition coefficient (Wildman–Crippen LogP) is 3.02. The van der Waals surface area contributed by atoms with Crippen molar-refractivity contribution in [3.8, 4) is 0 Å². The summed E-state index contributed by atoms with van der Waals surface area (Å²) in [6.07, 6.45) is 8.22. The van der Waals surface area contributed by atoms with Crippen LogP contribution in [0, 0.1) is 0 Å². The summed E-state index contributed by atoms with van der Waals surface area (Å²) in [5.74, 6) is 0. The fourth-order valence-corrected chi connectivity index (χ4v) is 2.53. The van der Waals surface area contributed by atoms with Crippen molar-refractivity contribution in [3.05, 3.63) is 66.8 Å². The van der Waals surface area contributed by atoms with Crippen LogP contribution in [0.1, 0.15) is 0 Å². The Morgan fingerprint density at radius 2 is 1.89 bits per heavy atom. The Morgan fingerprint density at radius 3 is 2.84 bits per heavy atom. The van der Waals surface area contributed by atoms with Crippen molar-refractivity contribution in [3.63, 3.8) is 0 Å². The van der Waals surface area contributed by atoms with Crippen LogP contribution in [0.4, 0.5) is 5.69 Å². The topological polar surface area (TPSA) is 27.6 Å². The number of benzene rings is 2. The van der Waals surface area contributed by atoms with Crippen LogP contribution in [0.15, 0.2) is 71.9 Å². The highest BCUT2D eigenvalue weighted by molar-refractivity contribution is 6.05. The maximum Gasteiger partial charge on any atom is 0.0905 e. The molecule has 0 saturated heterocycles. The Hall–Kier alpha value is -2.39. The van der Waals surface area contributed by atoms with Crippen LogP contribution < -0.4 is 10.5 Å². The van der Waals surface area contributed by atoms with Gasteiger partial charge in [0.2, 0.25) is 0 Å². The molecule has 0 saturated carbocycles. The second kappa shape index (κ2) is 4.07. The lowest BCUT2D eigenvalue weighted by molar-refractivity contribution is 0.702. The molecule has 0 aromatic heterocycles. The van der Waals surface area contributed by atoms with Crippen LogP contribution in [0.2, 0.25) is 0 Å². The molecule has 2 aliphatic rings. The lowest BCUT2D eigenvalue weighted by atomic mass is 10.1. The minimum absolute atomic E-state index is 0.184. The average molecular weight is 247 g/mol. The van der Waals surface area contributed by atoms with E-state index in [0.717, 1.165) is 11.4 Å². The molecule has 19 heavy (non-hydrogen) atoms. The van der Waals surface area contributed by atoms with Gasteiger partial charge in [-0.05, 0) is 17.5 Å². The van der Waals surface area contributed by atoms with Gasteiger partial charge in [0.1, 0.15) is 0 Å². The van der Waals surface area contributed by atoms with E-state index < -0.39 is 0 Å². The molecule has 2 aromatic rings. The van der Waals surface area contributed by atoms with Crippen LogP contribution in [-0.2, 0) is 0 Å². The third kappa shape index (κ3) is 1.67. The number of hydrazine groups is 1. The number of fused-ring (bicyclic) bond motifs is 2. The van der Waals surface area contributed by atoms with Crippen molar-refractivity contribution >= 4 is 22.2 Å². The average Bonchev–Trinajstić information content (AvgIpc) is 2.90. The Kier molecular flexibility index (Phi) is 2.25. The van der Waals surface area contributed by atoms with E-state index in [1.165, 1.54) is 10.8 Å². The zero-order valence-electron chi connectivity index (χ0n) is 10.3. The van der Waals surface area contributed by atoms with E-state index in [9.17, 15) is 0 Å². The van der Waals surface area contributed by atoms with Gasteiger partial charge in [0.05, 0.1) is 17.4 Å². The molecule has 0 bridgehead atoms. The van der Waals surface area contributed by atoms with E-state index in [0.29, 0.717) is 0 Å². The molecule has 3 nitrogen and oxygen atoms in total. The monoisotopic (exact) mass is 247 g/mol. The van der Waals surface area contributed by atoms with Crippen molar-refractivity contribution in [2.75, 3.05) is 5.12 Å². The van der Waals surface area contributed by atoms with E-state index in [1.807, 2.05) is 23.3 Å². The largest absolute Gasteiger partial charge is 0.200 e. The van der Waals surface area contributed by atoms with Crippen molar-refractivity contribution in [2.24, 2.45) is 5.10 Å². The fourth-order valence-electron chi connectivity index (χ4n) is 2.53. The van der Waals surface area contributed by atoms with Gasteiger partial charge < -0.3 is 0 Å². The highest BCUT2D eigenvalue weighted by Gasteiger charge is 2.24. The smallest absolute Gasteiger partial charge is 0.0905 e. The van der Waals surface area contributed by atoms with Crippen LogP contribution in [0.25, 0.3) is 10.8 Å². The van der Waals surface area contributed by atoms with Gasteiger partial charge in [-0.25, -0.2) is 0 Å². The van der Waals surface area contributed by atoms with Gasteiger partial charge in [0, 0.05) is 5.39 Å². The molecule has 1 aliphatic carbocycles. The lowest BCUT2D eigenvalue weighted by Gasteiger charge is -2.18. The van der Waals surface area contributed by atoms with E-state index in [4.69, 9.17) is 0 Å². The number of hydrazone groups is 1. The first-order valence-corrected chi connectivity index (χ1v) is 6.39. The molecule has 2 aromatic carbocycles. The molecule has 0 fully saturated rings. The second-order valence-corrected chi connectivity index (χ2v) is 4.69.